The molecule has 1 aliphatic carbocycles. The van der Waals surface area contributed by atoms with Crippen molar-refractivity contribution in [1.29, 1.82) is 0 Å². The van der Waals surface area contributed by atoms with Crippen LogP contribution in [-0.4, -0.2) is 44.5 Å². The van der Waals surface area contributed by atoms with Crippen LogP contribution in [0.2, 0.25) is 0 Å². The number of sulfonamides is 1. The normalized spacial score (nSPS) is 17.2. The maximum atomic E-state index is 12.0. The number of aliphatic hydroxyl groups is 1. The molecule has 1 unspecified atom stereocenters. The molecule has 0 aliphatic heterocycles. The Labute approximate surface area is 177 Å². The van der Waals surface area contributed by atoms with E-state index in [4.69, 9.17) is 4.74 Å². The highest BCUT2D eigenvalue weighted by Crippen LogP contribution is 2.48. The van der Waals surface area contributed by atoms with Crippen LogP contribution in [0.3, 0.4) is 0 Å². The lowest BCUT2D eigenvalue weighted by atomic mass is 9.62. The average Bonchev–Trinajstić information content (AvgIpc) is 2.63. The first-order chi connectivity index (χ1) is 13.9. The van der Waals surface area contributed by atoms with Gasteiger partial charge in [-0.1, -0.05) is 44.8 Å². The number of rotatable bonds is 17. The standard InChI is InChI=1S/C22H41NO5S/c1-3-15-22(16-12-17-22)20(24)13-8-7-11-19-29(26,27)23-18-10-6-5-9-14-21(25)28-4-2/h7-8,20,23-24H,3-6,9-19H2,1-2H3. The van der Waals surface area contributed by atoms with E-state index in [0.717, 1.165) is 51.4 Å². The molecule has 0 amide bonds. The molecule has 0 bridgehead atoms. The molecule has 1 saturated carbocycles. The minimum absolute atomic E-state index is 0.0720. The zero-order chi connectivity index (χ0) is 21.6. The highest BCUT2D eigenvalue weighted by Gasteiger charge is 2.41. The second-order valence-electron chi connectivity index (χ2n) is 8.16. The molecule has 1 fully saturated rings. The van der Waals surface area contributed by atoms with Crippen molar-refractivity contribution < 1.29 is 23.1 Å². The predicted molar refractivity (Wildman–Crippen MR) is 117 cm³/mol. The van der Waals surface area contributed by atoms with Gasteiger partial charge in [-0.2, -0.15) is 0 Å². The van der Waals surface area contributed by atoms with Crippen molar-refractivity contribution in [2.45, 2.75) is 97.0 Å². The highest BCUT2D eigenvalue weighted by atomic mass is 32.2. The Kier molecular flexibility index (Phi) is 12.7. The van der Waals surface area contributed by atoms with Crippen molar-refractivity contribution in [3.05, 3.63) is 12.2 Å². The molecular formula is C22H41NO5S. The average molecular weight is 432 g/mol. The highest BCUT2D eigenvalue weighted by molar-refractivity contribution is 7.89. The number of nitrogens with one attached hydrogen (secondary N) is 1. The van der Waals surface area contributed by atoms with E-state index in [-0.39, 0.29) is 23.2 Å². The summed E-state index contributed by atoms with van der Waals surface area (Å²) in [6.45, 7) is 4.80. The van der Waals surface area contributed by atoms with E-state index >= 15 is 0 Å². The van der Waals surface area contributed by atoms with E-state index in [9.17, 15) is 18.3 Å². The molecule has 0 aromatic heterocycles. The Morgan fingerprint density at radius 2 is 1.90 bits per heavy atom. The smallest absolute Gasteiger partial charge is 0.305 e. The molecule has 0 heterocycles. The second kappa shape index (κ2) is 14.1. The molecular weight excluding hydrogens is 390 g/mol. The van der Waals surface area contributed by atoms with E-state index in [1.807, 2.05) is 12.2 Å². The van der Waals surface area contributed by atoms with Gasteiger partial charge in [0.25, 0.3) is 0 Å². The summed E-state index contributed by atoms with van der Waals surface area (Å²) in [4.78, 5) is 11.2. The van der Waals surface area contributed by atoms with Gasteiger partial charge < -0.3 is 9.84 Å². The Morgan fingerprint density at radius 3 is 2.52 bits per heavy atom. The summed E-state index contributed by atoms with van der Waals surface area (Å²) in [5, 5.41) is 10.5. The number of unbranched alkanes of at least 4 members (excludes halogenated alkanes) is 3. The second-order valence-corrected chi connectivity index (χ2v) is 10.1. The molecule has 2 N–H and O–H groups in total. The maximum absolute atomic E-state index is 12.0. The molecule has 1 rings (SSSR count). The van der Waals surface area contributed by atoms with Crippen molar-refractivity contribution in [3.8, 4) is 0 Å². The number of allylic oxidation sites excluding steroid dienone is 1. The first-order valence-electron chi connectivity index (χ1n) is 11.3. The molecule has 0 aromatic rings. The number of carbonyl (C=O) groups excluding carboxylic acids is 1. The summed E-state index contributed by atoms with van der Waals surface area (Å²) < 4.78 is 31.5. The van der Waals surface area contributed by atoms with Gasteiger partial charge in [0.2, 0.25) is 10.0 Å². The minimum Gasteiger partial charge on any atom is -0.466 e. The fraction of sp³-hybridized carbons (Fsp3) is 0.864. The van der Waals surface area contributed by atoms with E-state index < -0.39 is 10.0 Å². The minimum atomic E-state index is -3.26. The molecule has 0 aromatic carbocycles. The fourth-order valence-corrected chi connectivity index (χ4v) is 5.02. The number of hydrogen-bond acceptors (Lipinski definition) is 5. The van der Waals surface area contributed by atoms with Crippen LogP contribution >= 0.6 is 0 Å². The van der Waals surface area contributed by atoms with E-state index in [0.29, 0.717) is 32.4 Å². The number of hydrogen-bond donors (Lipinski definition) is 2. The van der Waals surface area contributed by atoms with Crippen LogP contribution in [-0.2, 0) is 19.6 Å². The first kappa shape index (κ1) is 26.1. The third-order valence-electron chi connectivity index (χ3n) is 5.82. The Morgan fingerprint density at radius 1 is 1.17 bits per heavy atom. The lowest BCUT2D eigenvalue weighted by molar-refractivity contribution is -0.143. The zero-order valence-corrected chi connectivity index (χ0v) is 19.1. The van der Waals surface area contributed by atoms with Crippen molar-refractivity contribution in [1.82, 2.24) is 4.72 Å². The van der Waals surface area contributed by atoms with Gasteiger partial charge in [-0.3, -0.25) is 4.79 Å². The SMILES string of the molecule is CCCC1(C(O)CC=CCCS(=O)(=O)NCCCCCCC(=O)OCC)CCC1. The van der Waals surface area contributed by atoms with Gasteiger partial charge in [0.05, 0.1) is 18.5 Å². The zero-order valence-electron chi connectivity index (χ0n) is 18.3. The summed E-state index contributed by atoms with van der Waals surface area (Å²) in [6.07, 6.45) is 13.9. The van der Waals surface area contributed by atoms with E-state index in [1.54, 1.807) is 6.92 Å². The Balaban J connectivity index is 2.09. The van der Waals surface area contributed by atoms with Crippen LogP contribution in [0.1, 0.15) is 90.9 Å². The summed E-state index contributed by atoms with van der Waals surface area (Å²) in [5.41, 5.74) is 0.100. The number of aliphatic hydroxyl groups excluding tert-OH is 1. The van der Waals surface area contributed by atoms with Gasteiger partial charge in [0.1, 0.15) is 0 Å². The first-order valence-corrected chi connectivity index (χ1v) is 13.0. The molecule has 0 radical (unpaired) electrons. The molecule has 29 heavy (non-hydrogen) atoms. The van der Waals surface area contributed by atoms with Gasteiger partial charge in [0.15, 0.2) is 0 Å². The van der Waals surface area contributed by atoms with Gasteiger partial charge in [-0.05, 0) is 57.3 Å². The van der Waals surface area contributed by atoms with Crippen molar-refractivity contribution in [3.63, 3.8) is 0 Å². The van der Waals surface area contributed by atoms with Crippen LogP contribution in [0.25, 0.3) is 0 Å². The molecule has 0 spiro atoms. The summed E-state index contributed by atoms with van der Waals surface area (Å²) in [7, 11) is -3.26. The fourth-order valence-electron chi connectivity index (χ4n) is 3.98. The van der Waals surface area contributed by atoms with Gasteiger partial charge in [-0.25, -0.2) is 13.1 Å². The lowest BCUT2D eigenvalue weighted by Gasteiger charge is -2.45. The molecule has 1 atom stereocenters. The number of ether oxygens (including phenoxy) is 1. The topological polar surface area (TPSA) is 92.7 Å². The third kappa shape index (κ3) is 10.6. The summed E-state index contributed by atoms with van der Waals surface area (Å²) in [5.74, 6) is -0.0928. The molecule has 170 valence electrons. The molecule has 0 saturated heterocycles. The van der Waals surface area contributed by atoms with Crippen molar-refractivity contribution in [2.24, 2.45) is 5.41 Å². The number of carbonyl (C=O) groups is 1. The molecule has 7 heteroatoms. The quantitative estimate of drug-likeness (QED) is 0.206. The van der Waals surface area contributed by atoms with Crippen LogP contribution in [0.15, 0.2) is 12.2 Å². The van der Waals surface area contributed by atoms with Gasteiger partial charge in [-0.15, -0.1) is 0 Å². The van der Waals surface area contributed by atoms with Crippen LogP contribution in [0.5, 0.6) is 0 Å². The van der Waals surface area contributed by atoms with Crippen LogP contribution in [0, 0.1) is 5.41 Å². The van der Waals surface area contributed by atoms with Gasteiger partial charge in [0, 0.05) is 13.0 Å². The third-order valence-corrected chi connectivity index (χ3v) is 7.24. The molecule has 6 nitrogen and oxygen atoms in total. The Bertz CT molecular complexity index is 584. The summed E-state index contributed by atoms with van der Waals surface area (Å²) >= 11 is 0. The van der Waals surface area contributed by atoms with Crippen LogP contribution in [0.4, 0.5) is 0 Å². The van der Waals surface area contributed by atoms with E-state index in [2.05, 4.69) is 11.6 Å². The number of esters is 1. The summed E-state index contributed by atoms with van der Waals surface area (Å²) in [6, 6.07) is 0. The maximum Gasteiger partial charge on any atom is 0.305 e. The predicted octanol–water partition coefficient (Wildman–Crippen LogP) is 4.09. The van der Waals surface area contributed by atoms with Crippen LogP contribution < -0.4 is 4.72 Å². The Hall–Kier alpha value is -0.920. The van der Waals surface area contributed by atoms with E-state index in [1.165, 1.54) is 6.42 Å². The monoisotopic (exact) mass is 431 g/mol. The lowest BCUT2D eigenvalue weighted by Crippen LogP contribution is -2.41. The van der Waals surface area contributed by atoms with Crippen molar-refractivity contribution in [2.75, 3.05) is 18.9 Å². The molecule has 1 aliphatic rings. The van der Waals surface area contributed by atoms with Gasteiger partial charge >= 0.3 is 5.97 Å². The van der Waals surface area contributed by atoms with Crippen molar-refractivity contribution >= 4 is 16.0 Å². The largest absolute Gasteiger partial charge is 0.466 e.